The Balaban J connectivity index is 2.10. The van der Waals surface area contributed by atoms with Crippen LogP contribution < -0.4 is 10.6 Å². The molecular formula is C10H12N4O4S. The molecule has 1 saturated heterocycles. The number of nitrogens with one attached hydrogen (secondary N) is 2. The first-order valence-electron chi connectivity index (χ1n) is 5.46. The molecule has 2 heterocycles. The zero-order valence-electron chi connectivity index (χ0n) is 10.0. The van der Waals surface area contributed by atoms with Crippen molar-refractivity contribution in [3.05, 3.63) is 11.1 Å². The summed E-state index contributed by atoms with van der Waals surface area (Å²) in [5.74, 6) is -1.55. The van der Waals surface area contributed by atoms with E-state index < -0.39 is 18.0 Å². The number of aromatic nitrogens is 1. The number of carboxylic acids is 1. The van der Waals surface area contributed by atoms with Crippen LogP contribution in [-0.2, 0) is 9.59 Å². The van der Waals surface area contributed by atoms with Gasteiger partial charge >= 0.3 is 12.0 Å². The fraction of sp³-hybridized carbons (Fsp3) is 0.400. The summed E-state index contributed by atoms with van der Waals surface area (Å²) in [4.78, 5) is 39.3. The molecule has 0 aliphatic carbocycles. The fourth-order valence-electron chi connectivity index (χ4n) is 1.65. The first-order chi connectivity index (χ1) is 8.97. The van der Waals surface area contributed by atoms with Crippen molar-refractivity contribution >= 4 is 34.4 Å². The van der Waals surface area contributed by atoms with Crippen molar-refractivity contribution in [3.8, 4) is 0 Å². The molecule has 3 amide bonds. The largest absolute Gasteiger partial charge is 0.480 e. The Morgan fingerprint density at radius 3 is 2.95 bits per heavy atom. The van der Waals surface area contributed by atoms with Crippen LogP contribution in [0.2, 0.25) is 0 Å². The molecule has 0 spiro atoms. The number of carboxylic acid groups (broad SMARTS) is 1. The number of carbonyl (C=O) groups is 3. The van der Waals surface area contributed by atoms with Crippen LogP contribution in [0.5, 0.6) is 0 Å². The second kappa shape index (κ2) is 5.22. The average Bonchev–Trinajstić information content (AvgIpc) is 2.74. The van der Waals surface area contributed by atoms with E-state index in [0.717, 1.165) is 10.6 Å². The number of hydrogen-bond donors (Lipinski definition) is 3. The normalized spacial score (nSPS) is 18.9. The fourth-order valence-corrected chi connectivity index (χ4v) is 2.33. The predicted octanol–water partition coefficient (Wildman–Crippen LogP) is -0.132. The highest BCUT2D eigenvalue weighted by molar-refractivity contribution is 7.13. The zero-order chi connectivity index (χ0) is 14.0. The van der Waals surface area contributed by atoms with Crippen molar-refractivity contribution in [1.29, 1.82) is 0 Å². The first kappa shape index (κ1) is 13.3. The summed E-state index contributed by atoms with van der Waals surface area (Å²) in [6, 6.07) is -1.71. The van der Waals surface area contributed by atoms with Crippen LogP contribution in [0.3, 0.4) is 0 Å². The van der Waals surface area contributed by atoms with E-state index in [1.54, 1.807) is 12.3 Å². The van der Waals surface area contributed by atoms with Crippen molar-refractivity contribution in [2.45, 2.75) is 13.0 Å². The molecule has 0 aromatic carbocycles. The van der Waals surface area contributed by atoms with Crippen molar-refractivity contribution in [3.63, 3.8) is 0 Å². The molecule has 0 bridgehead atoms. The van der Waals surface area contributed by atoms with E-state index in [0.29, 0.717) is 5.13 Å². The van der Waals surface area contributed by atoms with Crippen molar-refractivity contribution in [1.82, 2.24) is 15.2 Å². The van der Waals surface area contributed by atoms with Gasteiger partial charge in [-0.05, 0) is 6.92 Å². The summed E-state index contributed by atoms with van der Waals surface area (Å²) in [5.41, 5.74) is 0.756. The second-order valence-corrected chi connectivity index (χ2v) is 4.87. The Labute approximate surface area is 112 Å². The predicted molar refractivity (Wildman–Crippen MR) is 67.0 cm³/mol. The number of aliphatic carboxylic acids is 1. The Morgan fingerprint density at radius 2 is 2.37 bits per heavy atom. The van der Waals surface area contributed by atoms with Gasteiger partial charge in [0.1, 0.15) is 12.6 Å². The van der Waals surface area contributed by atoms with Gasteiger partial charge in [-0.2, -0.15) is 0 Å². The lowest BCUT2D eigenvalue weighted by molar-refractivity contribution is -0.144. The van der Waals surface area contributed by atoms with E-state index in [2.05, 4.69) is 15.6 Å². The summed E-state index contributed by atoms with van der Waals surface area (Å²) < 4.78 is 0. The van der Waals surface area contributed by atoms with Crippen LogP contribution in [0.1, 0.15) is 5.69 Å². The lowest BCUT2D eigenvalue weighted by Gasteiger charge is -2.32. The third-order valence-corrected chi connectivity index (χ3v) is 3.44. The summed E-state index contributed by atoms with van der Waals surface area (Å²) in [6.07, 6.45) is 0. The summed E-state index contributed by atoms with van der Waals surface area (Å²) in [5, 5.41) is 16.1. The minimum absolute atomic E-state index is 0.0987. The molecule has 2 rings (SSSR count). The molecule has 1 aromatic rings. The number of piperazine rings is 1. The van der Waals surface area contributed by atoms with Gasteiger partial charge in [0, 0.05) is 11.9 Å². The molecule has 1 aliphatic heterocycles. The molecule has 102 valence electrons. The van der Waals surface area contributed by atoms with Gasteiger partial charge in [0.25, 0.3) is 0 Å². The maximum absolute atomic E-state index is 12.0. The molecule has 9 heteroatoms. The second-order valence-electron chi connectivity index (χ2n) is 4.01. The molecule has 8 nitrogen and oxygen atoms in total. The molecule has 1 atom stereocenters. The summed E-state index contributed by atoms with van der Waals surface area (Å²) in [7, 11) is 0. The van der Waals surface area contributed by atoms with Crippen molar-refractivity contribution < 1.29 is 19.5 Å². The summed E-state index contributed by atoms with van der Waals surface area (Å²) >= 11 is 1.23. The number of thiazole rings is 1. The third kappa shape index (κ3) is 2.99. The van der Waals surface area contributed by atoms with Gasteiger partial charge in [0.05, 0.1) is 5.69 Å². The quantitative estimate of drug-likeness (QED) is 0.700. The maximum atomic E-state index is 12.0. The first-order valence-corrected chi connectivity index (χ1v) is 6.34. The molecule has 1 fully saturated rings. The highest BCUT2D eigenvalue weighted by Gasteiger charge is 2.35. The highest BCUT2D eigenvalue weighted by Crippen LogP contribution is 2.16. The van der Waals surface area contributed by atoms with Crippen LogP contribution in [0, 0.1) is 6.92 Å². The molecule has 1 aliphatic rings. The van der Waals surface area contributed by atoms with Gasteiger partial charge in [0.2, 0.25) is 5.91 Å². The zero-order valence-corrected chi connectivity index (χ0v) is 10.9. The lowest BCUT2D eigenvalue weighted by atomic mass is 10.2. The molecular weight excluding hydrogens is 272 g/mol. The average molecular weight is 284 g/mol. The van der Waals surface area contributed by atoms with Gasteiger partial charge in [-0.3, -0.25) is 15.0 Å². The van der Waals surface area contributed by atoms with E-state index in [1.807, 2.05) is 0 Å². The Morgan fingerprint density at radius 1 is 1.63 bits per heavy atom. The van der Waals surface area contributed by atoms with Crippen LogP contribution in [0.4, 0.5) is 9.93 Å². The summed E-state index contributed by atoms with van der Waals surface area (Å²) in [6.45, 7) is 1.40. The number of aryl methyl sites for hydroxylation is 1. The molecule has 1 aromatic heterocycles. The lowest BCUT2D eigenvalue weighted by Crippen LogP contribution is -2.60. The number of anilines is 1. The minimum Gasteiger partial charge on any atom is -0.480 e. The molecule has 0 radical (unpaired) electrons. The van der Waals surface area contributed by atoms with Crippen LogP contribution in [0.25, 0.3) is 0 Å². The number of hydrogen-bond acceptors (Lipinski definition) is 5. The number of urea groups is 1. The van der Waals surface area contributed by atoms with Crippen LogP contribution in [-0.4, -0.2) is 52.0 Å². The van der Waals surface area contributed by atoms with Gasteiger partial charge in [0.15, 0.2) is 5.13 Å². The Bertz CT molecular complexity index is 529. The van der Waals surface area contributed by atoms with Crippen LogP contribution >= 0.6 is 11.3 Å². The highest BCUT2D eigenvalue weighted by atomic mass is 32.1. The molecule has 3 N–H and O–H groups in total. The number of amides is 3. The molecule has 0 saturated carbocycles. The van der Waals surface area contributed by atoms with Gasteiger partial charge in [-0.15, -0.1) is 11.3 Å². The van der Waals surface area contributed by atoms with Gasteiger partial charge in [-0.1, -0.05) is 0 Å². The Hall–Kier alpha value is -2.16. The van der Waals surface area contributed by atoms with Gasteiger partial charge < -0.3 is 10.4 Å². The van der Waals surface area contributed by atoms with E-state index in [-0.39, 0.29) is 19.0 Å². The van der Waals surface area contributed by atoms with E-state index >= 15 is 0 Å². The van der Waals surface area contributed by atoms with Crippen molar-refractivity contribution in [2.75, 3.05) is 18.4 Å². The van der Waals surface area contributed by atoms with E-state index in [1.165, 1.54) is 11.3 Å². The number of nitrogens with zero attached hydrogens (tertiary/aromatic N) is 2. The third-order valence-electron chi connectivity index (χ3n) is 2.56. The van der Waals surface area contributed by atoms with E-state index in [9.17, 15) is 14.4 Å². The van der Waals surface area contributed by atoms with Crippen LogP contribution in [0.15, 0.2) is 5.38 Å². The minimum atomic E-state index is -1.16. The molecule has 1 unspecified atom stereocenters. The number of rotatable bonds is 2. The monoisotopic (exact) mass is 284 g/mol. The number of carbonyl (C=O) groups excluding carboxylic acids is 2. The SMILES string of the molecule is Cc1csc(NC(=O)N2CC(=O)NCC2C(=O)O)n1. The van der Waals surface area contributed by atoms with Gasteiger partial charge in [-0.25, -0.2) is 14.6 Å². The maximum Gasteiger partial charge on any atom is 0.328 e. The molecule has 19 heavy (non-hydrogen) atoms. The standard InChI is InChI=1S/C10H12N4O4S/c1-5-4-19-9(12-5)13-10(18)14-3-7(15)11-2-6(14)8(16)17/h4,6H,2-3H2,1H3,(H,11,15)(H,16,17)(H,12,13,18). The topological polar surface area (TPSA) is 112 Å². The van der Waals surface area contributed by atoms with Crippen molar-refractivity contribution in [2.24, 2.45) is 0 Å². The smallest absolute Gasteiger partial charge is 0.328 e. The Kier molecular flexibility index (Phi) is 3.65. The van der Waals surface area contributed by atoms with E-state index in [4.69, 9.17) is 5.11 Å².